The highest BCUT2D eigenvalue weighted by molar-refractivity contribution is 6.07. The van der Waals surface area contributed by atoms with Crippen LogP contribution in [0.3, 0.4) is 0 Å². The molecule has 0 saturated heterocycles. The average molecular weight is 530 g/mol. The van der Waals surface area contributed by atoms with Crippen molar-refractivity contribution in [3.63, 3.8) is 0 Å². The van der Waals surface area contributed by atoms with Crippen molar-refractivity contribution in [1.29, 1.82) is 5.41 Å². The molecule has 0 spiro atoms. The van der Waals surface area contributed by atoms with E-state index in [-0.39, 0.29) is 23.8 Å². The van der Waals surface area contributed by atoms with Crippen LogP contribution >= 0.6 is 0 Å². The zero-order valence-electron chi connectivity index (χ0n) is 23.0. The van der Waals surface area contributed by atoms with Crippen LogP contribution in [0.5, 0.6) is 0 Å². The summed E-state index contributed by atoms with van der Waals surface area (Å²) in [5, 5.41) is 18.6. The Labute approximate surface area is 229 Å². The molecule has 1 aliphatic rings. The van der Waals surface area contributed by atoms with Crippen molar-refractivity contribution in [2.24, 2.45) is 0 Å². The predicted molar refractivity (Wildman–Crippen MR) is 156 cm³/mol. The molecule has 1 aromatic heterocycles. The van der Waals surface area contributed by atoms with Crippen LogP contribution in [0.4, 0.5) is 0 Å². The number of carbonyl (C=O) groups excluding carboxylic acids is 3. The molecule has 0 saturated carbocycles. The van der Waals surface area contributed by atoms with Gasteiger partial charge in [-0.3, -0.25) is 14.4 Å². The van der Waals surface area contributed by atoms with Crippen LogP contribution < -0.4 is 16.0 Å². The molecule has 3 atom stereocenters. The minimum atomic E-state index is -0.820. The first-order chi connectivity index (χ1) is 18.7. The second-order valence-corrected chi connectivity index (χ2v) is 10.8. The van der Waals surface area contributed by atoms with E-state index in [0.717, 1.165) is 40.2 Å². The second-order valence-electron chi connectivity index (χ2n) is 10.8. The average Bonchev–Trinajstić information content (AvgIpc) is 3.24. The SMILES string of the molecule is CC(=N)CCCC[C@@H]1NC(=O)C(NC(C)=O)Cc2ccc3[nH]c4ccc(cc4c3c2)CC=CC[C@@H](C)NC1=O. The van der Waals surface area contributed by atoms with Crippen LogP contribution in [0.1, 0.15) is 64.0 Å². The van der Waals surface area contributed by atoms with Gasteiger partial charge in [0.05, 0.1) is 0 Å². The summed E-state index contributed by atoms with van der Waals surface area (Å²) in [7, 11) is 0. The smallest absolute Gasteiger partial charge is 0.243 e. The zero-order chi connectivity index (χ0) is 27.9. The quantitative estimate of drug-likeness (QED) is 0.184. The molecule has 1 unspecified atom stereocenters. The third-order valence-electron chi connectivity index (χ3n) is 7.19. The molecule has 2 aromatic carbocycles. The summed E-state index contributed by atoms with van der Waals surface area (Å²) in [6.07, 6.45) is 8.57. The molecule has 206 valence electrons. The molecule has 4 rings (SSSR count). The Morgan fingerprint density at radius 1 is 0.949 bits per heavy atom. The Hall–Kier alpha value is -3.94. The molecule has 0 fully saturated rings. The first-order valence-corrected chi connectivity index (χ1v) is 13.8. The summed E-state index contributed by atoms with van der Waals surface area (Å²) >= 11 is 0. The standard InChI is InChI=1S/C31H39N5O3/c1-19(32)8-4-7-11-28-30(38)33-20(2)9-5-6-10-22-12-14-26-24(16-22)25-17-23(13-15-27(25)35-26)18-29(31(39)36-28)34-21(3)37/h5-6,12-17,20,28-29,32,35H,4,7-11,18H2,1-3H3,(H,33,38)(H,34,37)(H,36,39)/t20-,28+,29?/m1/s1. The number of aromatic amines is 1. The molecule has 0 aliphatic carbocycles. The van der Waals surface area contributed by atoms with Crippen LogP contribution in [0, 0.1) is 5.41 Å². The molecule has 4 bridgehead atoms. The van der Waals surface area contributed by atoms with Gasteiger partial charge in [0.25, 0.3) is 0 Å². The number of rotatable bonds is 6. The first kappa shape index (κ1) is 28.1. The van der Waals surface area contributed by atoms with E-state index in [1.54, 1.807) is 6.92 Å². The van der Waals surface area contributed by atoms with Crippen molar-refractivity contribution in [3.05, 3.63) is 59.7 Å². The maximum Gasteiger partial charge on any atom is 0.243 e. The number of hydrogen-bond acceptors (Lipinski definition) is 4. The van der Waals surface area contributed by atoms with Crippen molar-refractivity contribution in [2.75, 3.05) is 0 Å². The predicted octanol–water partition coefficient (Wildman–Crippen LogP) is 4.46. The maximum atomic E-state index is 13.5. The fourth-order valence-electron chi connectivity index (χ4n) is 5.14. The van der Waals surface area contributed by atoms with Gasteiger partial charge in [-0.05, 0) is 81.3 Å². The van der Waals surface area contributed by atoms with Gasteiger partial charge >= 0.3 is 0 Å². The molecule has 39 heavy (non-hydrogen) atoms. The molecule has 3 amide bonds. The Morgan fingerprint density at radius 3 is 2.33 bits per heavy atom. The van der Waals surface area contributed by atoms with Crippen molar-refractivity contribution >= 4 is 45.2 Å². The van der Waals surface area contributed by atoms with Crippen LogP contribution in [0.2, 0.25) is 0 Å². The summed E-state index contributed by atoms with van der Waals surface area (Å²) in [6, 6.07) is 10.8. The second kappa shape index (κ2) is 12.7. The van der Waals surface area contributed by atoms with Crippen LogP contribution in [0.15, 0.2) is 48.6 Å². The number of allylic oxidation sites excluding steroid dienone is 1. The van der Waals surface area contributed by atoms with Gasteiger partial charge in [0, 0.05) is 46.9 Å². The van der Waals surface area contributed by atoms with E-state index in [4.69, 9.17) is 5.41 Å². The van der Waals surface area contributed by atoms with Crippen molar-refractivity contribution in [3.8, 4) is 0 Å². The van der Waals surface area contributed by atoms with E-state index < -0.39 is 12.1 Å². The molecule has 0 radical (unpaired) electrons. The maximum absolute atomic E-state index is 13.5. The van der Waals surface area contributed by atoms with Crippen molar-refractivity contribution < 1.29 is 14.4 Å². The normalized spacial score (nSPS) is 20.6. The molecule has 1 aliphatic heterocycles. The van der Waals surface area contributed by atoms with E-state index >= 15 is 0 Å². The molecule has 3 aromatic rings. The molecular weight excluding hydrogens is 490 g/mol. The number of carbonyl (C=O) groups is 3. The lowest BCUT2D eigenvalue weighted by atomic mass is 10.00. The van der Waals surface area contributed by atoms with Gasteiger partial charge in [-0.2, -0.15) is 0 Å². The Kier molecular flexibility index (Phi) is 9.17. The highest BCUT2D eigenvalue weighted by Gasteiger charge is 2.27. The molecule has 8 heteroatoms. The van der Waals surface area contributed by atoms with Gasteiger partial charge < -0.3 is 26.3 Å². The Morgan fingerprint density at radius 2 is 1.64 bits per heavy atom. The number of nitrogens with one attached hydrogen (secondary N) is 5. The number of aromatic nitrogens is 1. The molecule has 8 nitrogen and oxygen atoms in total. The lowest BCUT2D eigenvalue weighted by molar-refractivity contribution is -0.132. The minimum Gasteiger partial charge on any atom is -0.355 e. The minimum absolute atomic E-state index is 0.103. The summed E-state index contributed by atoms with van der Waals surface area (Å²) in [5.41, 5.74) is 4.78. The zero-order valence-corrected chi connectivity index (χ0v) is 23.0. The number of fused-ring (bicyclic) bond motifs is 2. The van der Waals surface area contributed by atoms with Gasteiger partial charge in [0.1, 0.15) is 12.1 Å². The van der Waals surface area contributed by atoms with Crippen LogP contribution in [-0.2, 0) is 27.2 Å². The molecular formula is C31H39N5O3. The number of benzene rings is 2. The van der Waals surface area contributed by atoms with E-state index in [0.29, 0.717) is 37.8 Å². The summed E-state index contributed by atoms with van der Waals surface area (Å²) in [5.74, 6) is -0.927. The number of hydrogen-bond donors (Lipinski definition) is 5. The highest BCUT2D eigenvalue weighted by Crippen LogP contribution is 2.28. The van der Waals surface area contributed by atoms with Gasteiger partial charge in [-0.15, -0.1) is 0 Å². The monoisotopic (exact) mass is 529 g/mol. The third-order valence-corrected chi connectivity index (χ3v) is 7.19. The van der Waals surface area contributed by atoms with E-state index in [2.05, 4.69) is 57.4 Å². The first-order valence-electron chi connectivity index (χ1n) is 13.8. The van der Waals surface area contributed by atoms with E-state index in [1.165, 1.54) is 12.5 Å². The number of H-pyrrole nitrogens is 1. The number of unbranched alkanes of at least 4 members (excludes halogenated alkanes) is 1. The fraction of sp³-hybridized carbons (Fsp3) is 0.419. The van der Waals surface area contributed by atoms with Crippen LogP contribution in [-0.4, -0.2) is 46.5 Å². The fourth-order valence-corrected chi connectivity index (χ4v) is 5.14. The Bertz CT molecular complexity index is 1410. The number of amides is 3. The lowest BCUT2D eigenvalue weighted by Crippen LogP contribution is -2.55. The third kappa shape index (κ3) is 7.56. The largest absolute Gasteiger partial charge is 0.355 e. The summed E-state index contributed by atoms with van der Waals surface area (Å²) in [4.78, 5) is 42.2. The van der Waals surface area contributed by atoms with Gasteiger partial charge in [0.15, 0.2) is 0 Å². The van der Waals surface area contributed by atoms with Crippen LogP contribution in [0.25, 0.3) is 21.8 Å². The topological polar surface area (TPSA) is 127 Å². The van der Waals surface area contributed by atoms with Gasteiger partial charge in [-0.25, -0.2) is 0 Å². The van der Waals surface area contributed by atoms with E-state index in [9.17, 15) is 14.4 Å². The van der Waals surface area contributed by atoms with Crippen molar-refractivity contribution in [1.82, 2.24) is 20.9 Å². The molecule has 5 N–H and O–H groups in total. The summed E-state index contributed by atoms with van der Waals surface area (Å²) in [6.45, 7) is 5.11. The van der Waals surface area contributed by atoms with Crippen molar-refractivity contribution in [2.45, 2.75) is 83.8 Å². The highest BCUT2D eigenvalue weighted by atomic mass is 16.2. The summed E-state index contributed by atoms with van der Waals surface area (Å²) < 4.78 is 0. The van der Waals surface area contributed by atoms with Gasteiger partial charge in [0.2, 0.25) is 17.7 Å². The Balaban J connectivity index is 1.67. The van der Waals surface area contributed by atoms with Gasteiger partial charge in [-0.1, -0.05) is 30.7 Å². The molecule has 2 heterocycles. The lowest BCUT2D eigenvalue weighted by Gasteiger charge is -2.24. The van der Waals surface area contributed by atoms with E-state index in [1.807, 2.05) is 19.1 Å².